The number of methoxy groups -OCH3 is 3. The van der Waals surface area contributed by atoms with Crippen molar-refractivity contribution in [1.29, 1.82) is 0 Å². The quantitative estimate of drug-likeness (QED) is 0.0761. The minimum Gasteiger partial charge on any atom is -0.497 e. The number of rotatable bonds is 16. The third kappa shape index (κ3) is 7.07. The molecule has 234 valence electrons. The highest BCUT2D eigenvalue weighted by atomic mass is 31.2. The molecule has 0 spiro atoms. The molecule has 5 rings (SSSR count). The minimum absolute atomic E-state index is 0.159. The molecule has 0 unspecified atom stereocenters. The van der Waals surface area contributed by atoms with E-state index in [0.717, 1.165) is 68.4 Å². The molecule has 0 saturated heterocycles. The van der Waals surface area contributed by atoms with Crippen LogP contribution in [0.4, 0.5) is 0 Å². The van der Waals surface area contributed by atoms with E-state index in [4.69, 9.17) is 14.2 Å². The van der Waals surface area contributed by atoms with E-state index in [1.165, 1.54) is 20.8 Å². The van der Waals surface area contributed by atoms with Crippen LogP contribution in [0.3, 0.4) is 0 Å². The summed E-state index contributed by atoms with van der Waals surface area (Å²) in [5.41, 5.74) is 1.06. The molecule has 7 heteroatoms. The number of carbonyl (C=O) groups is 2. The molecule has 0 atom stereocenters. The summed E-state index contributed by atoms with van der Waals surface area (Å²) in [6.07, 6.45) is 8.54. The second-order valence-electron chi connectivity index (χ2n) is 11.4. The monoisotopic (exact) mass is 624 g/mol. The normalized spacial score (nSPS) is 12.7. The summed E-state index contributed by atoms with van der Waals surface area (Å²) in [5, 5.41) is 3.98. The number of nitrogens with zero attached hydrogens (tertiary/aromatic N) is 1. The summed E-state index contributed by atoms with van der Waals surface area (Å²) in [6.45, 7) is 0.491. The predicted molar refractivity (Wildman–Crippen MR) is 184 cm³/mol. The van der Waals surface area contributed by atoms with Gasteiger partial charge >= 0.3 is 0 Å². The van der Waals surface area contributed by atoms with E-state index in [-0.39, 0.29) is 11.8 Å². The molecule has 4 aromatic carbocycles. The van der Waals surface area contributed by atoms with E-state index >= 15 is 0 Å². The summed E-state index contributed by atoms with van der Waals surface area (Å²) < 4.78 is 16.5. The van der Waals surface area contributed by atoms with Gasteiger partial charge in [0.1, 0.15) is 40.4 Å². The van der Waals surface area contributed by atoms with Gasteiger partial charge in [-0.2, -0.15) is 0 Å². The lowest BCUT2D eigenvalue weighted by molar-refractivity contribution is 0.0651. The van der Waals surface area contributed by atoms with Crippen molar-refractivity contribution in [2.75, 3.05) is 34.0 Å². The van der Waals surface area contributed by atoms with Gasteiger partial charge in [-0.1, -0.05) is 37.8 Å². The second-order valence-corrected chi connectivity index (χ2v) is 15.0. The van der Waals surface area contributed by atoms with E-state index in [1.54, 1.807) is 33.5 Å². The Morgan fingerprint density at radius 3 is 1.22 bits per heavy atom. The molecule has 1 aliphatic rings. The minimum atomic E-state index is -2.00. The number of fused-ring (bicyclic) bond motifs is 1. The summed E-state index contributed by atoms with van der Waals surface area (Å²) in [4.78, 5) is 26.6. The van der Waals surface area contributed by atoms with Gasteiger partial charge in [0.2, 0.25) is 0 Å². The van der Waals surface area contributed by atoms with Crippen LogP contribution in [0, 0.1) is 0 Å². The molecular weight excluding hydrogens is 581 g/mol. The van der Waals surface area contributed by atoms with Crippen LogP contribution in [0.25, 0.3) is 0 Å². The fourth-order valence-corrected chi connectivity index (χ4v) is 10.6. The highest BCUT2D eigenvalue weighted by Crippen LogP contribution is 2.56. The lowest BCUT2D eigenvalue weighted by atomic mass is 10.1. The fraction of sp³-hybridized carbons (Fsp3) is 0.316. The number of amides is 2. The van der Waals surface area contributed by atoms with E-state index in [2.05, 4.69) is 72.8 Å². The largest absolute Gasteiger partial charge is 0.497 e. The standard InChI is InChI=1S/C38H43NO5P/c1-42-29-15-21-32(22-16-29)45(33-23-17-30(43-2)18-24-33,34-25-19-31(44-3)20-26-34)28-12-8-6-4-5-7-11-27-39-37(40)35-13-9-10-14-36(35)38(39)41/h9-10,13-26H,4-8,11-12,27-28H2,1-3H3/q+1. The number of ether oxygens (including phenoxy) is 3. The molecule has 0 radical (unpaired) electrons. The summed E-state index contributed by atoms with van der Waals surface area (Å²) in [5.74, 6) is 2.24. The Balaban J connectivity index is 1.22. The van der Waals surface area contributed by atoms with Gasteiger partial charge < -0.3 is 14.2 Å². The molecule has 4 aromatic rings. The van der Waals surface area contributed by atoms with Gasteiger partial charge in [0.15, 0.2) is 0 Å². The topological polar surface area (TPSA) is 65.1 Å². The van der Waals surface area contributed by atoms with E-state index in [0.29, 0.717) is 17.7 Å². The Bertz CT molecular complexity index is 1420. The molecule has 1 aliphatic heterocycles. The second kappa shape index (κ2) is 15.2. The molecule has 0 bridgehead atoms. The molecular formula is C38H43NO5P+. The number of hydrogen-bond donors (Lipinski definition) is 0. The van der Waals surface area contributed by atoms with Crippen molar-refractivity contribution >= 4 is 35.0 Å². The highest BCUT2D eigenvalue weighted by molar-refractivity contribution is 7.95. The Labute approximate surface area is 267 Å². The Kier molecular flexibility index (Phi) is 10.9. The number of imide groups is 1. The van der Waals surface area contributed by atoms with Crippen LogP contribution < -0.4 is 30.1 Å². The van der Waals surface area contributed by atoms with Crippen LogP contribution in [-0.4, -0.2) is 50.8 Å². The third-order valence-electron chi connectivity index (χ3n) is 8.79. The molecule has 1 heterocycles. The van der Waals surface area contributed by atoms with E-state index in [9.17, 15) is 9.59 Å². The zero-order chi connectivity index (χ0) is 31.6. The van der Waals surface area contributed by atoms with Crippen LogP contribution in [0.2, 0.25) is 0 Å². The zero-order valence-corrected chi connectivity index (χ0v) is 27.4. The SMILES string of the molecule is COc1ccc([P+](CCCCCCCCCN2C(=O)c3ccccc3C2=O)(c2ccc(OC)cc2)c2ccc(OC)cc2)cc1. The lowest BCUT2D eigenvalue weighted by Gasteiger charge is -2.28. The highest BCUT2D eigenvalue weighted by Gasteiger charge is 2.45. The molecule has 45 heavy (non-hydrogen) atoms. The van der Waals surface area contributed by atoms with Crippen LogP contribution in [0.1, 0.15) is 65.7 Å². The van der Waals surface area contributed by atoms with Crippen LogP contribution in [-0.2, 0) is 0 Å². The first-order valence-electron chi connectivity index (χ1n) is 15.8. The zero-order valence-electron chi connectivity index (χ0n) is 26.5. The van der Waals surface area contributed by atoms with E-state index in [1.807, 2.05) is 12.1 Å². The number of unbranched alkanes of at least 4 members (excludes halogenated alkanes) is 6. The smallest absolute Gasteiger partial charge is 0.261 e. The summed E-state index contributed by atoms with van der Waals surface area (Å²) in [7, 11) is 3.11. The number of carbonyl (C=O) groups excluding carboxylic acids is 2. The first-order valence-corrected chi connectivity index (χ1v) is 17.8. The Hall–Kier alpha value is -4.15. The maximum Gasteiger partial charge on any atom is 0.261 e. The maximum absolute atomic E-state index is 12.6. The first-order chi connectivity index (χ1) is 22.0. The fourth-order valence-electron chi connectivity index (χ4n) is 6.29. The molecule has 0 aliphatic carbocycles. The molecule has 0 fully saturated rings. The van der Waals surface area contributed by atoms with Crippen molar-refractivity contribution in [3.63, 3.8) is 0 Å². The molecule has 2 amide bonds. The van der Waals surface area contributed by atoms with Gasteiger partial charge in [0, 0.05) is 6.54 Å². The summed E-state index contributed by atoms with van der Waals surface area (Å²) in [6, 6.07) is 32.9. The average molecular weight is 625 g/mol. The average Bonchev–Trinajstić information content (AvgIpc) is 3.34. The van der Waals surface area contributed by atoms with Gasteiger partial charge in [-0.3, -0.25) is 14.5 Å². The van der Waals surface area contributed by atoms with Gasteiger partial charge in [-0.05, 0) is 104 Å². The van der Waals surface area contributed by atoms with Crippen molar-refractivity contribution in [3.05, 3.63) is 108 Å². The van der Waals surface area contributed by atoms with Gasteiger partial charge in [0.05, 0.1) is 38.6 Å². The third-order valence-corrected chi connectivity index (χ3v) is 13.3. The summed E-state index contributed by atoms with van der Waals surface area (Å²) >= 11 is 0. The van der Waals surface area contributed by atoms with Crippen molar-refractivity contribution in [2.45, 2.75) is 44.9 Å². The van der Waals surface area contributed by atoms with Crippen molar-refractivity contribution < 1.29 is 23.8 Å². The van der Waals surface area contributed by atoms with E-state index < -0.39 is 7.26 Å². The molecule has 0 saturated carbocycles. The van der Waals surface area contributed by atoms with Crippen LogP contribution >= 0.6 is 7.26 Å². The van der Waals surface area contributed by atoms with Gasteiger partial charge in [-0.25, -0.2) is 0 Å². The molecule has 6 nitrogen and oxygen atoms in total. The lowest BCUT2D eigenvalue weighted by Crippen LogP contribution is -2.33. The first kappa shape index (κ1) is 32.2. The van der Waals surface area contributed by atoms with Crippen LogP contribution in [0.15, 0.2) is 97.1 Å². The molecule has 0 N–H and O–H groups in total. The van der Waals surface area contributed by atoms with Gasteiger partial charge in [0.25, 0.3) is 11.8 Å². The maximum atomic E-state index is 12.6. The molecule has 0 aromatic heterocycles. The van der Waals surface area contributed by atoms with Crippen molar-refractivity contribution in [1.82, 2.24) is 4.90 Å². The predicted octanol–water partition coefficient (Wildman–Crippen LogP) is 7.03. The Morgan fingerprint density at radius 2 is 0.844 bits per heavy atom. The van der Waals surface area contributed by atoms with Crippen molar-refractivity contribution in [2.24, 2.45) is 0 Å². The number of hydrogen-bond acceptors (Lipinski definition) is 5. The Morgan fingerprint density at radius 1 is 0.489 bits per heavy atom. The number of benzene rings is 4. The van der Waals surface area contributed by atoms with Crippen molar-refractivity contribution in [3.8, 4) is 17.2 Å². The van der Waals surface area contributed by atoms with Gasteiger partial charge in [-0.15, -0.1) is 0 Å². The van der Waals surface area contributed by atoms with Crippen LogP contribution in [0.5, 0.6) is 17.2 Å².